The standard InChI is InChI=1S/C12H18O5/c1-16-10-4-2-9(3-5-10)8-17-12(7-14)11(15)6-13/h2-5,11-15H,6-8H2,1H3/t11-,12+/m0/s1. The Morgan fingerprint density at radius 3 is 2.24 bits per heavy atom. The Morgan fingerprint density at radius 1 is 1.12 bits per heavy atom. The summed E-state index contributed by atoms with van der Waals surface area (Å²) < 4.78 is 10.3. The molecule has 3 N–H and O–H groups in total. The molecule has 2 atom stereocenters. The highest BCUT2D eigenvalue weighted by molar-refractivity contribution is 5.26. The summed E-state index contributed by atoms with van der Waals surface area (Å²) in [6, 6.07) is 7.27. The van der Waals surface area contributed by atoms with Crippen molar-refractivity contribution in [2.45, 2.75) is 18.8 Å². The maximum absolute atomic E-state index is 9.32. The van der Waals surface area contributed by atoms with Crippen molar-refractivity contribution in [3.05, 3.63) is 29.8 Å². The predicted molar refractivity (Wildman–Crippen MR) is 61.7 cm³/mol. The molecule has 0 aliphatic heterocycles. The molecular formula is C12H18O5. The Kier molecular flexibility index (Phi) is 5.93. The van der Waals surface area contributed by atoms with Gasteiger partial charge in [-0.2, -0.15) is 0 Å². The molecule has 5 nitrogen and oxygen atoms in total. The van der Waals surface area contributed by atoms with Crippen LogP contribution < -0.4 is 4.74 Å². The number of aliphatic hydroxyl groups excluding tert-OH is 3. The molecule has 0 radical (unpaired) electrons. The predicted octanol–water partition coefficient (Wildman–Crippen LogP) is -0.0741. The molecule has 0 saturated carbocycles. The van der Waals surface area contributed by atoms with Gasteiger partial charge >= 0.3 is 0 Å². The molecule has 96 valence electrons. The normalized spacial score (nSPS) is 14.4. The van der Waals surface area contributed by atoms with Crippen molar-refractivity contribution < 1.29 is 24.8 Å². The SMILES string of the molecule is COc1ccc(CO[C@H](CO)[C@@H](O)CO)cc1. The summed E-state index contributed by atoms with van der Waals surface area (Å²) in [7, 11) is 1.59. The Bertz CT molecular complexity index is 311. The highest BCUT2D eigenvalue weighted by Crippen LogP contribution is 2.13. The van der Waals surface area contributed by atoms with Gasteiger partial charge in [0, 0.05) is 0 Å². The highest BCUT2D eigenvalue weighted by atomic mass is 16.5. The molecule has 0 saturated heterocycles. The zero-order valence-electron chi connectivity index (χ0n) is 9.74. The minimum absolute atomic E-state index is 0.256. The molecule has 0 heterocycles. The summed E-state index contributed by atoms with van der Waals surface area (Å²) >= 11 is 0. The first kappa shape index (κ1) is 13.9. The molecule has 0 spiro atoms. The lowest BCUT2D eigenvalue weighted by Gasteiger charge is -2.19. The van der Waals surface area contributed by atoms with E-state index in [4.69, 9.17) is 19.7 Å². The van der Waals surface area contributed by atoms with Gasteiger partial charge in [0.05, 0.1) is 26.9 Å². The van der Waals surface area contributed by atoms with Crippen LogP contribution in [0.25, 0.3) is 0 Å². The van der Waals surface area contributed by atoms with Gasteiger partial charge < -0.3 is 24.8 Å². The molecule has 1 aromatic carbocycles. The molecule has 0 amide bonds. The van der Waals surface area contributed by atoms with Crippen molar-refractivity contribution in [3.8, 4) is 5.75 Å². The van der Waals surface area contributed by atoms with Gasteiger partial charge in [0.25, 0.3) is 0 Å². The van der Waals surface area contributed by atoms with Gasteiger partial charge in [0.1, 0.15) is 18.0 Å². The molecule has 1 rings (SSSR count). The third-order valence-electron chi connectivity index (χ3n) is 2.42. The van der Waals surface area contributed by atoms with Gasteiger partial charge in [-0.1, -0.05) is 12.1 Å². The average Bonchev–Trinajstić information content (AvgIpc) is 2.39. The largest absolute Gasteiger partial charge is 0.497 e. The Morgan fingerprint density at radius 2 is 1.76 bits per heavy atom. The Labute approximate surface area is 100 Å². The third kappa shape index (κ3) is 4.32. The summed E-state index contributed by atoms with van der Waals surface area (Å²) in [6.45, 7) is -0.516. The van der Waals surface area contributed by atoms with Crippen molar-refractivity contribution in [3.63, 3.8) is 0 Å². The second-order valence-electron chi connectivity index (χ2n) is 3.63. The fourth-order valence-electron chi connectivity index (χ4n) is 1.33. The smallest absolute Gasteiger partial charge is 0.118 e. The van der Waals surface area contributed by atoms with Crippen LogP contribution in [-0.4, -0.2) is 47.9 Å². The van der Waals surface area contributed by atoms with Crippen LogP contribution in [0.2, 0.25) is 0 Å². The van der Waals surface area contributed by atoms with Gasteiger partial charge in [0.15, 0.2) is 0 Å². The van der Waals surface area contributed by atoms with Crippen LogP contribution in [0.4, 0.5) is 0 Å². The van der Waals surface area contributed by atoms with Crippen molar-refractivity contribution in [2.24, 2.45) is 0 Å². The molecule has 0 fully saturated rings. The highest BCUT2D eigenvalue weighted by Gasteiger charge is 2.17. The van der Waals surface area contributed by atoms with Crippen LogP contribution in [0.5, 0.6) is 5.75 Å². The average molecular weight is 242 g/mol. The van der Waals surface area contributed by atoms with Crippen LogP contribution in [0.3, 0.4) is 0 Å². The van der Waals surface area contributed by atoms with Gasteiger partial charge in [0.2, 0.25) is 0 Å². The molecule has 0 unspecified atom stereocenters. The monoisotopic (exact) mass is 242 g/mol. The summed E-state index contributed by atoms with van der Waals surface area (Å²) in [6.07, 6.45) is -1.85. The number of hydrogen-bond acceptors (Lipinski definition) is 5. The van der Waals surface area contributed by atoms with Crippen LogP contribution in [0.1, 0.15) is 5.56 Å². The van der Waals surface area contributed by atoms with Crippen molar-refractivity contribution in [2.75, 3.05) is 20.3 Å². The van der Waals surface area contributed by atoms with E-state index in [-0.39, 0.29) is 13.2 Å². The number of ether oxygens (including phenoxy) is 2. The van der Waals surface area contributed by atoms with E-state index in [1.54, 1.807) is 19.2 Å². The van der Waals surface area contributed by atoms with Crippen LogP contribution in [0, 0.1) is 0 Å². The summed E-state index contributed by atoms with van der Waals surface area (Å²) in [5, 5.41) is 27.0. The second kappa shape index (κ2) is 7.24. The maximum Gasteiger partial charge on any atom is 0.118 e. The first-order valence-corrected chi connectivity index (χ1v) is 5.35. The lowest BCUT2D eigenvalue weighted by atomic mass is 10.2. The number of hydrogen-bond donors (Lipinski definition) is 3. The Balaban J connectivity index is 2.47. The molecule has 5 heteroatoms. The number of methoxy groups -OCH3 is 1. The van der Waals surface area contributed by atoms with Crippen LogP contribution in [-0.2, 0) is 11.3 Å². The van der Waals surface area contributed by atoms with Gasteiger partial charge in [-0.25, -0.2) is 0 Å². The quantitative estimate of drug-likeness (QED) is 0.623. The van der Waals surface area contributed by atoms with Crippen LogP contribution in [0.15, 0.2) is 24.3 Å². The zero-order valence-corrected chi connectivity index (χ0v) is 9.74. The van der Waals surface area contributed by atoms with Gasteiger partial charge in [-0.15, -0.1) is 0 Å². The van der Waals surface area contributed by atoms with E-state index in [1.165, 1.54) is 0 Å². The molecule has 0 aromatic heterocycles. The summed E-state index contributed by atoms with van der Waals surface area (Å²) in [4.78, 5) is 0. The molecular weight excluding hydrogens is 224 g/mol. The fraction of sp³-hybridized carbons (Fsp3) is 0.500. The third-order valence-corrected chi connectivity index (χ3v) is 2.42. The van der Waals surface area contributed by atoms with E-state index in [9.17, 15) is 5.11 Å². The van der Waals surface area contributed by atoms with Crippen molar-refractivity contribution >= 4 is 0 Å². The first-order chi connectivity index (χ1) is 8.21. The van der Waals surface area contributed by atoms with E-state index in [0.29, 0.717) is 0 Å². The Hall–Kier alpha value is -1.14. The molecule has 0 bridgehead atoms. The fourth-order valence-corrected chi connectivity index (χ4v) is 1.33. The van der Waals surface area contributed by atoms with E-state index < -0.39 is 18.8 Å². The molecule has 17 heavy (non-hydrogen) atoms. The van der Waals surface area contributed by atoms with E-state index in [1.807, 2.05) is 12.1 Å². The summed E-state index contributed by atoms with van der Waals surface area (Å²) in [5.74, 6) is 0.753. The molecule has 0 aliphatic carbocycles. The van der Waals surface area contributed by atoms with Gasteiger partial charge in [-0.05, 0) is 17.7 Å². The number of benzene rings is 1. The minimum atomic E-state index is -1.07. The molecule has 0 aliphatic rings. The number of rotatable bonds is 7. The van der Waals surface area contributed by atoms with Crippen molar-refractivity contribution in [1.29, 1.82) is 0 Å². The van der Waals surface area contributed by atoms with Crippen LogP contribution >= 0.6 is 0 Å². The van der Waals surface area contributed by atoms with Gasteiger partial charge in [-0.3, -0.25) is 0 Å². The first-order valence-electron chi connectivity index (χ1n) is 5.35. The zero-order chi connectivity index (χ0) is 12.7. The van der Waals surface area contributed by atoms with Crippen molar-refractivity contribution in [1.82, 2.24) is 0 Å². The lowest BCUT2D eigenvalue weighted by molar-refractivity contribution is -0.0860. The number of aliphatic hydroxyl groups is 3. The van der Waals surface area contributed by atoms with E-state index in [0.717, 1.165) is 11.3 Å². The molecule has 1 aromatic rings. The second-order valence-corrected chi connectivity index (χ2v) is 3.63. The maximum atomic E-state index is 9.32. The van der Waals surface area contributed by atoms with E-state index >= 15 is 0 Å². The topological polar surface area (TPSA) is 79.2 Å². The summed E-state index contributed by atoms with van der Waals surface area (Å²) in [5.41, 5.74) is 0.898. The van der Waals surface area contributed by atoms with E-state index in [2.05, 4.69) is 0 Å². The minimum Gasteiger partial charge on any atom is -0.497 e. The lowest BCUT2D eigenvalue weighted by Crippen LogP contribution is -2.34.